The van der Waals surface area contributed by atoms with Crippen LogP contribution in [0.4, 0.5) is 0 Å². The topological polar surface area (TPSA) is 51.7 Å². The molecule has 1 fully saturated rings. The summed E-state index contributed by atoms with van der Waals surface area (Å²) in [6, 6.07) is 17.4. The van der Waals surface area contributed by atoms with E-state index in [1.54, 1.807) is 7.11 Å². The van der Waals surface area contributed by atoms with Gasteiger partial charge in [0.2, 0.25) is 0 Å². The van der Waals surface area contributed by atoms with Crippen LogP contribution in [0.3, 0.4) is 0 Å². The van der Waals surface area contributed by atoms with E-state index in [1.807, 2.05) is 59.5 Å². The smallest absolute Gasteiger partial charge is 0.254 e. The first-order valence-electron chi connectivity index (χ1n) is 8.67. The van der Waals surface area contributed by atoms with Gasteiger partial charge < -0.3 is 14.4 Å². The molecule has 0 spiro atoms. The Balaban J connectivity index is 1.81. The van der Waals surface area contributed by atoms with Crippen LogP contribution in [0.1, 0.15) is 10.4 Å². The zero-order chi connectivity index (χ0) is 17.9. The average Bonchev–Trinajstić information content (AvgIpc) is 2.73. The normalized spacial score (nSPS) is 14.4. The Bertz CT molecular complexity index is 932. The second-order valence-corrected chi connectivity index (χ2v) is 6.21. The first-order chi connectivity index (χ1) is 12.8. The molecule has 1 amide bonds. The second-order valence-electron chi connectivity index (χ2n) is 6.21. The lowest BCUT2D eigenvalue weighted by Crippen LogP contribution is -2.40. The summed E-state index contributed by atoms with van der Waals surface area (Å²) in [5, 5.41) is 0.876. The Morgan fingerprint density at radius 1 is 1.08 bits per heavy atom. The molecule has 0 unspecified atom stereocenters. The average molecular weight is 348 g/mol. The summed E-state index contributed by atoms with van der Waals surface area (Å²) in [6.45, 7) is 2.40. The van der Waals surface area contributed by atoms with E-state index in [0.717, 1.165) is 27.9 Å². The summed E-state index contributed by atoms with van der Waals surface area (Å²) >= 11 is 0. The standard InChI is InChI=1S/C21H20N2O3/c1-25-16-8-6-15(7-9-16)20-14-18(17-4-2-3-5-19(17)22-20)21(24)23-10-12-26-13-11-23/h2-9,14H,10-13H2,1H3. The Hall–Kier alpha value is -2.92. The first kappa shape index (κ1) is 16.5. The summed E-state index contributed by atoms with van der Waals surface area (Å²) in [5.74, 6) is 0.820. The van der Waals surface area contributed by atoms with E-state index in [2.05, 4.69) is 0 Å². The number of nitrogens with zero attached hydrogens (tertiary/aromatic N) is 2. The van der Waals surface area contributed by atoms with Crippen molar-refractivity contribution in [1.29, 1.82) is 0 Å². The van der Waals surface area contributed by atoms with Crippen molar-refractivity contribution in [3.05, 3.63) is 60.2 Å². The zero-order valence-corrected chi connectivity index (χ0v) is 14.6. The van der Waals surface area contributed by atoms with Crippen molar-refractivity contribution in [2.24, 2.45) is 0 Å². The minimum atomic E-state index is 0.0293. The number of benzene rings is 2. The van der Waals surface area contributed by atoms with E-state index in [9.17, 15) is 4.79 Å². The molecule has 2 heterocycles. The fourth-order valence-electron chi connectivity index (χ4n) is 3.20. The molecule has 0 bridgehead atoms. The number of hydrogen-bond acceptors (Lipinski definition) is 4. The van der Waals surface area contributed by atoms with Crippen molar-refractivity contribution >= 4 is 16.8 Å². The Morgan fingerprint density at radius 2 is 1.81 bits per heavy atom. The van der Waals surface area contributed by atoms with E-state index in [4.69, 9.17) is 14.5 Å². The number of aromatic nitrogens is 1. The molecule has 0 N–H and O–H groups in total. The number of amides is 1. The van der Waals surface area contributed by atoms with Gasteiger partial charge in [-0.15, -0.1) is 0 Å². The SMILES string of the molecule is COc1ccc(-c2cc(C(=O)N3CCOCC3)c3ccccc3n2)cc1. The molecule has 1 aliphatic heterocycles. The number of para-hydroxylation sites is 1. The number of pyridine rings is 1. The molecule has 2 aromatic carbocycles. The van der Waals surface area contributed by atoms with Crippen LogP contribution in [0.2, 0.25) is 0 Å². The first-order valence-corrected chi connectivity index (χ1v) is 8.67. The minimum absolute atomic E-state index is 0.0293. The second kappa shape index (κ2) is 7.14. The predicted octanol–water partition coefficient (Wildman–Crippen LogP) is 3.38. The van der Waals surface area contributed by atoms with Crippen molar-refractivity contribution < 1.29 is 14.3 Å². The van der Waals surface area contributed by atoms with E-state index < -0.39 is 0 Å². The largest absolute Gasteiger partial charge is 0.497 e. The van der Waals surface area contributed by atoms with Crippen molar-refractivity contribution in [2.45, 2.75) is 0 Å². The highest BCUT2D eigenvalue weighted by atomic mass is 16.5. The molecule has 1 saturated heterocycles. The summed E-state index contributed by atoms with van der Waals surface area (Å²) in [7, 11) is 1.64. The number of hydrogen-bond donors (Lipinski definition) is 0. The molecular formula is C21H20N2O3. The van der Waals surface area contributed by atoms with E-state index in [0.29, 0.717) is 31.9 Å². The quantitative estimate of drug-likeness (QED) is 0.728. The molecule has 0 saturated carbocycles. The van der Waals surface area contributed by atoms with Crippen LogP contribution in [0.5, 0.6) is 5.75 Å². The van der Waals surface area contributed by atoms with Gasteiger partial charge in [-0.2, -0.15) is 0 Å². The highest BCUT2D eigenvalue weighted by molar-refractivity contribution is 6.07. The van der Waals surface area contributed by atoms with Gasteiger partial charge in [-0.1, -0.05) is 18.2 Å². The fourth-order valence-corrected chi connectivity index (χ4v) is 3.20. The van der Waals surface area contributed by atoms with Crippen molar-refractivity contribution in [3.8, 4) is 17.0 Å². The van der Waals surface area contributed by atoms with Crippen LogP contribution < -0.4 is 4.74 Å². The van der Waals surface area contributed by atoms with E-state index >= 15 is 0 Å². The Labute approximate surface area is 152 Å². The monoisotopic (exact) mass is 348 g/mol. The van der Waals surface area contributed by atoms with Gasteiger partial charge >= 0.3 is 0 Å². The third-order valence-electron chi connectivity index (χ3n) is 4.63. The van der Waals surface area contributed by atoms with Crippen molar-refractivity contribution in [1.82, 2.24) is 9.88 Å². The highest BCUT2D eigenvalue weighted by Crippen LogP contribution is 2.27. The summed E-state index contributed by atoms with van der Waals surface area (Å²) in [5.41, 5.74) is 3.23. The molecule has 26 heavy (non-hydrogen) atoms. The number of ether oxygens (including phenoxy) is 2. The van der Waals surface area contributed by atoms with Gasteiger partial charge in [0.25, 0.3) is 5.91 Å². The third kappa shape index (κ3) is 3.13. The maximum Gasteiger partial charge on any atom is 0.254 e. The molecule has 5 nitrogen and oxygen atoms in total. The van der Waals surface area contributed by atoms with Gasteiger partial charge in [0.15, 0.2) is 0 Å². The van der Waals surface area contributed by atoms with Gasteiger partial charge in [0, 0.05) is 24.0 Å². The number of carbonyl (C=O) groups is 1. The molecule has 1 aliphatic rings. The third-order valence-corrected chi connectivity index (χ3v) is 4.63. The van der Waals surface area contributed by atoms with Gasteiger partial charge in [-0.3, -0.25) is 4.79 Å². The Morgan fingerprint density at radius 3 is 2.54 bits per heavy atom. The molecule has 0 aliphatic carbocycles. The van der Waals surface area contributed by atoms with E-state index in [1.165, 1.54) is 0 Å². The number of fused-ring (bicyclic) bond motifs is 1. The summed E-state index contributed by atoms with van der Waals surface area (Å²) in [6.07, 6.45) is 0. The molecule has 132 valence electrons. The molecule has 1 aromatic heterocycles. The number of rotatable bonds is 3. The lowest BCUT2D eigenvalue weighted by atomic mass is 10.0. The van der Waals surface area contributed by atoms with Gasteiger partial charge in [0.05, 0.1) is 37.1 Å². The number of methoxy groups -OCH3 is 1. The van der Waals surface area contributed by atoms with Crippen LogP contribution in [0.15, 0.2) is 54.6 Å². The highest BCUT2D eigenvalue weighted by Gasteiger charge is 2.21. The lowest BCUT2D eigenvalue weighted by Gasteiger charge is -2.27. The molecule has 5 heteroatoms. The minimum Gasteiger partial charge on any atom is -0.497 e. The molecule has 3 aromatic rings. The van der Waals surface area contributed by atoms with Crippen LogP contribution >= 0.6 is 0 Å². The molecule has 0 radical (unpaired) electrons. The molecule has 4 rings (SSSR count). The van der Waals surface area contributed by atoms with Gasteiger partial charge in [0.1, 0.15) is 5.75 Å². The maximum atomic E-state index is 13.1. The fraction of sp³-hybridized carbons (Fsp3) is 0.238. The summed E-state index contributed by atoms with van der Waals surface area (Å²) in [4.78, 5) is 19.7. The number of carbonyl (C=O) groups excluding carboxylic acids is 1. The van der Waals surface area contributed by atoms with Crippen molar-refractivity contribution in [3.63, 3.8) is 0 Å². The van der Waals surface area contributed by atoms with Crippen LogP contribution in [0.25, 0.3) is 22.2 Å². The molecular weight excluding hydrogens is 328 g/mol. The zero-order valence-electron chi connectivity index (χ0n) is 14.6. The maximum absolute atomic E-state index is 13.1. The van der Waals surface area contributed by atoms with Crippen LogP contribution in [-0.4, -0.2) is 49.2 Å². The van der Waals surface area contributed by atoms with Crippen LogP contribution in [-0.2, 0) is 4.74 Å². The lowest BCUT2D eigenvalue weighted by molar-refractivity contribution is 0.0304. The Kier molecular flexibility index (Phi) is 4.54. The predicted molar refractivity (Wildman–Crippen MR) is 100 cm³/mol. The van der Waals surface area contributed by atoms with Gasteiger partial charge in [-0.05, 0) is 36.4 Å². The number of morpholine rings is 1. The van der Waals surface area contributed by atoms with E-state index in [-0.39, 0.29) is 5.91 Å². The summed E-state index contributed by atoms with van der Waals surface area (Å²) < 4.78 is 10.6. The van der Waals surface area contributed by atoms with Crippen LogP contribution in [0, 0.1) is 0 Å². The van der Waals surface area contributed by atoms with Crippen molar-refractivity contribution in [2.75, 3.05) is 33.4 Å². The molecule has 0 atom stereocenters. The van der Waals surface area contributed by atoms with Gasteiger partial charge in [-0.25, -0.2) is 4.98 Å².